The van der Waals surface area contributed by atoms with E-state index < -0.39 is 5.97 Å². The maximum absolute atomic E-state index is 10.9. The molecule has 0 aromatic carbocycles. The van der Waals surface area contributed by atoms with Crippen LogP contribution in [-0.2, 0) is 24.8 Å². The van der Waals surface area contributed by atoms with Crippen LogP contribution < -0.4 is 4.57 Å². The summed E-state index contributed by atoms with van der Waals surface area (Å²) in [7, 11) is 2.01. The van der Waals surface area contributed by atoms with Crippen LogP contribution in [0.3, 0.4) is 0 Å². The quantitative estimate of drug-likeness (QED) is 0.552. The van der Waals surface area contributed by atoms with E-state index in [0.717, 1.165) is 24.4 Å². The van der Waals surface area contributed by atoms with Gasteiger partial charge in [-0.05, 0) is 6.42 Å². The minimum absolute atomic E-state index is 0.0623. The summed E-state index contributed by atoms with van der Waals surface area (Å²) in [5, 5.41) is 8.93. The molecule has 0 atom stereocenters. The van der Waals surface area contributed by atoms with Gasteiger partial charge in [-0.3, -0.25) is 0 Å². The molecule has 0 saturated carbocycles. The summed E-state index contributed by atoms with van der Waals surface area (Å²) in [6, 6.07) is 0. The third kappa shape index (κ3) is 5.05. The monoisotopic (exact) mass is 267 g/mol. The van der Waals surface area contributed by atoms with E-state index >= 15 is 0 Å². The van der Waals surface area contributed by atoms with E-state index in [2.05, 4.69) is 11.5 Å². The number of hydrogen-bond donors (Lipinski definition) is 1. The zero-order chi connectivity index (χ0) is 14.3. The maximum atomic E-state index is 10.9. The molecule has 19 heavy (non-hydrogen) atoms. The molecule has 0 unspecified atom stereocenters. The molecule has 1 aromatic heterocycles. The lowest BCUT2D eigenvalue weighted by Gasteiger charge is -2.02. The number of nitrogens with zero attached hydrogens (tertiary/aromatic N) is 2. The Labute approximate surface area is 116 Å². The van der Waals surface area contributed by atoms with Gasteiger partial charge < -0.3 is 5.11 Å². The molecule has 0 bridgehead atoms. The second kappa shape index (κ2) is 7.97. The highest BCUT2D eigenvalue weighted by molar-refractivity contribution is 5.64. The zero-order valence-electron chi connectivity index (χ0n) is 12.5. The third-order valence-corrected chi connectivity index (χ3v) is 3.65. The van der Waals surface area contributed by atoms with Crippen LogP contribution in [0.4, 0.5) is 0 Å². The Balaban J connectivity index is 2.49. The van der Waals surface area contributed by atoms with Crippen molar-refractivity contribution >= 4 is 5.97 Å². The molecular weight excluding hydrogens is 240 g/mol. The molecule has 0 aliphatic carbocycles. The molecule has 0 spiro atoms. The predicted octanol–water partition coefficient (Wildman–Crippen LogP) is 2.61. The van der Waals surface area contributed by atoms with Crippen molar-refractivity contribution in [2.45, 2.75) is 65.3 Å². The lowest BCUT2D eigenvalue weighted by molar-refractivity contribution is -0.692. The first kappa shape index (κ1) is 15.7. The van der Waals surface area contributed by atoms with Crippen molar-refractivity contribution in [1.29, 1.82) is 0 Å². The number of aryl methyl sites for hydroxylation is 1. The normalized spacial score (nSPS) is 10.9. The highest BCUT2D eigenvalue weighted by atomic mass is 16.4. The number of carboxylic acids is 1. The Morgan fingerprint density at radius 1 is 1.26 bits per heavy atom. The van der Waals surface area contributed by atoms with Crippen molar-refractivity contribution in [1.82, 2.24) is 4.57 Å². The van der Waals surface area contributed by atoms with Crippen LogP contribution in [0.1, 0.15) is 57.0 Å². The van der Waals surface area contributed by atoms with Crippen LogP contribution in [0, 0.1) is 6.92 Å². The second-order valence-electron chi connectivity index (χ2n) is 5.29. The topological polar surface area (TPSA) is 46.1 Å². The van der Waals surface area contributed by atoms with Crippen LogP contribution in [0.5, 0.6) is 0 Å². The summed E-state index contributed by atoms with van der Waals surface area (Å²) in [4.78, 5) is 10.9. The van der Waals surface area contributed by atoms with Gasteiger partial charge in [0.1, 0.15) is 11.9 Å². The van der Waals surface area contributed by atoms with Gasteiger partial charge in [0.15, 0.2) is 6.54 Å². The van der Waals surface area contributed by atoms with Gasteiger partial charge in [0, 0.05) is 13.3 Å². The fourth-order valence-corrected chi connectivity index (χ4v) is 2.44. The van der Waals surface area contributed by atoms with E-state index in [1.165, 1.54) is 32.1 Å². The number of rotatable bonds is 9. The fraction of sp³-hybridized carbons (Fsp3) is 0.733. The molecule has 0 fully saturated rings. The number of imidazole rings is 1. The molecule has 0 aliphatic rings. The molecule has 1 aromatic rings. The lowest BCUT2D eigenvalue weighted by Crippen LogP contribution is -2.40. The van der Waals surface area contributed by atoms with Crippen LogP contribution in [0.2, 0.25) is 0 Å². The predicted molar refractivity (Wildman–Crippen MR) is 75.1 cm³/mol. The summed E-state index contributed by atoms with van der Waals surface area (Å²) in [6.07, 6.45) is 10.5. The smallest absolute Gasteiger partial charge is 0.346 e. The van der Waals surface area contributed by atoms with Crippen molar-refractivity contribution in [2.24, 2.45) is 7.05 Å². The highest BCUT2D eigenvalue weighted by Gasteiger charge is 2.19. The van der Waals surface area contributed by atoms with E-state index in [-0.39, 0.29) is 6.54 Å². The molecule has 0 aliphatic heterocycles. The minimum atomic E-state index is -0.778. The van der Waals surface area contributed by atoms with Gasteiger partial charge in [-0.2, -0.15) is 0 Å². The molecule has 0 amide bonds. The molecule has 0 saturated heterocycles. The Kier molecular flexibility index (Phi) is 6.60. The van der Waals surface area contributed by atoms with Gasteiger partial charge in [-0.25, -0.2) is 13.9 Å². The molecule has 0 radical (unpaired) electrons. The number of carbonyl (C=O) groups is 1. The zero-order valence-corrected chi connectivity index (χ0v) is 12.5. The van der Waals surface area contributed by atoms with Crippen LogP contribution in [-0.4, -0.2) is 15.6 Å². The first-order chi connectivity index (χ1) is 9.06. The molecule has 1 heterocycles. The Morgan fingerprint density at radius 2 is 1.89 bits per heavy atom. The van der Waals surface area contributed by atoms with Crippen LogP contribution >= 0.6 is 0 Å². The number of carboxylic acid groups (broad SMARTS) is 1. The first-order valence-electron chi connectivity index (χ1n) is 7.32. The summed E-state index contributed by atoms with van der Waals surface area (Å²) < 4.78 is 3.97. The highest BCUT2D eigenvalue weighted by Crippen LogP contribution is 2.09. The molecule has 1 rings (SSSR count). The van der Waals surface area contributed by atoms with Crippen molar-refractivity contribution in [3.63, 3.8) is 0 Å². The number of aromatic nitrogens is 2. The third-order valence-electron chi connectivity index (χ3n) is 3.65. The molecule has 4 heteroatoms. The Morgan fingerprint density at radius 3 is 2.53 bits per heavy atom. The summed E-state index contributed by atoms with van der Waals surface area (Å²) in [5.41, 5.74) is 1.11. The largest absolute Gasteiger partial charge is 0.478 e. The average Bonchev–Trinajstić information content (AvgIpc) is 2.60. The standard InChI is InChI=1S/C15H26N2O2/c1-4-5-6-7-8-9-10-14-16(3)13(2)11-17(14)12-15(18)19/h11H,4-10,12H2,1-3H3/p+1. The van der Waals surface area contributed by atoms with E-state index in [1.807, 2.05) is 24.7 Å². The molecule has 4 nitrogen and oxygen atoms in total. The van der Waals surface area contributed by atoms with Crippen LogP contribution in [0.15, 0.2) is 6.20 Å². The number of aliphatic carboxylic acids is 1. The number of unbranched alkanes of at least 4 members (excludes halogenated alkanes) is 5. The minimum Gasteiger partial charge on any atom is -0.478 e. The van der Waals surface area contributed by atoms with Gasteiger partial charge in [0.05, 0.1) is 7.05 Å². The summed E-state index contributed by atoms with van der Waals surface area (Å²) in [5.74, 6) is 0.343. The fourth-order valence-electron chi connectivity index (χ4n) is 2.44. The van der Waals surface area contributed by atoms with Gasteiger partial charge in [0.2, 0.25) is 0 Å². The van der Waals surface area contributed by atoms with Crippen molar-refractivity contribution < 1.29 is 14.5 Å². The maximum Gasteiger partial charge on any atom is 0.346 e. The lowest BCUT2D eigenvalue weighted by atomic mass is 10.1. The van der Waals surface area contributed by atoms with Crippen molar-refractivity contribution in [3.05, 3.63) is 17.7 Å². The van der Waals surface area contributed by atoms with Crippen molar-refractivity contribution in [2.75, 3.05) is 0 Å². The van der Waals surface area contributed by atoms with Gasteiger partial charge in [-0.1, -0.05) is 39.0 Å². The van der Waals surface area contributed by atoms with Gasteiger partial charge in [-0.15, -0.1) is 0 Å². The summed E-state index contributed by atoms with van der Waals surface area (Å²) in [6.45, 7) is 4.30. The first-order valence-corrected chi connectivity index (χ1v) is 7.32. The second-order valence-corrected chi connectivity index (χ2v) is 5.29. The molecule has 108 valence electrons. The van der Waals surface area contributed by atoms with E-state index in [1.54, 1.807) is 0 Å². The van der Waals surface area contributed by atoms with Crippen LogP contribution in [0.25, 0.3) is 0 Å². The van der Waals surface area contributed by atoms with Crippen molar-refractivity contribution in [3.8, 4) is 0 Å². The molecular formula is C15H27N2O2+. The number of hydrogen-bond acceptors (Lipinski definition) is 1. The summed E-state index contributed by atoms with van der Waals surface area (Å²) >= 11 is 0. The van der Waals surface area contributed by atoms with Gasteiger partial charge in [0.25, 0.3) is 5.82 Å². The molecule has 1 N–H and O–H groups in total. The average molecular weight is 267 g/mol. The Hall–Kier alpha value is -1.32. The van der Waals surface area contributed by atoms with E-state index in [9.17, 15) is 4.79 Å². The van der Waals surface area contributed by atoms with Gasteiger partial charge >= 0.3 is 5.97 Å². The van der Waals surface area contributed by atoms with E-state index in [4.69, 9.17) is 5.11 Å². The SMILES string of the molecule is CCCCCCCCc1n(C)c(C)c[n+]1CC(=O)O. The Bertz CT molecular complexity index is 411. The van der Waals surface area contributed by atoms with E-state index in [0.29, 0.717) is 0 Å².